The number of para-hydroxylation sites is 2. The molecule has 2 aromatic carbocycles. The van der Waals surface area contributed by atoms with E-state index in [4.69, 9.17) is 9.47 Å². The lowest BCUT2D eigenvalue weighted by atomic mass is 9.97. The third kappa shape index (κ3) is 2.88. The number of unbranched alkanes of at least 4 members (excludes halogenated alkanes) is 2. The van der Waals surface area contributed by atoms with Crippen LogP contribution in [-0.2, 0) is 12.8 Å². The third-order valence-electron chi connectivity index (χ3n) is 4.38. The van der Waals surface area contributed by atoms with Crippen molar-refractivity contribution in [2.75, 3.05) is 0 Å². The highest BCUT2D eigenvalue weighted by Gasteiger charge is 2.30. The van der Waals surface area contributed by atoms with Crippen molar-refractivity contribution < 1.29 is 19.7 Å². The first-order chi connectivity index (χ1) is 11.7. The van der Waals surface area contributed by atoms with Crippen LogP contribution in [-0.4, -0.2) is 10.2 Å². The van der Waals surface area contributed by atoms with E-state index in [0.29, 0.717) is 47.0 Å². The summed E-state index contributed by atoms with van der Waals surface area (Å²) in [6.07, 6.45) is 5.06. The number of rotatable bonds is 6. The molecule has 0 amide bonds. The smallest absolute Gasteiger partial charge is 0.177 e. The van der Waals surface area contributed by atoms with E-state index in [1.807, 2.05) is 24.3 Å². The monoisotopic (exact) mass is 328 g/mol. The van der Waals surface area contributed by atoms with E-state index in [1.165, 1.54) is 0 Å². The summed E-state index contributed by atoms with van der Waals surface area (Å²) in [6.45, 7) is 4.18. The van der Waals surface area contributed by atoms with Gasteiger partial charge in [-0.1, -0.05) is 38.8 Å². The molecule has 0 atom stereocenters. The van der Waals surface area contributed by atoms with Gasteiger partial charge in [0.25, 0.3) is 0 Å². The molecule has 1 aliphatic rings. The van der Waals surface area contributed by atoms with Crippen LogP contribution in [0.15, 0.2) is 24.3 Å². The van der Waals surface area contributed by atoms with Crippen LogP contribution in [0.2, 0.25) is 0 Å². The number of aromatic hydroxyl groups is 2. The van der Waals surface area contributed by atoms with Crippen molar-refractivity contribution in [1.29, 1.82) is 0 Å². The lowest BCUT2D eigenvalue weighted by Gasteiger charge is -2.26. The van der Waals surface area contributed by atoms with Gasteiger partial charge in [0.05, 0.1) is 0 Å². The summed E-state index contributed by atoms with van der Waals surface area (Å²) in [5, 5.41) is 21.0. The fraction of sp³-hybridized carbons (Fsp3) is 0.400. The van der Waals surface area contributed by atoms with Crippen LogP contribution in [0.4, 0.5) is 0 Å². The Morgan fingerprint density at radius 1 is 0.750 bits per heavy atom. The summed E-state index contributed by atoms with van der Waals surface area (Å²) in [5.74, 6) is 2.21. The third-order valence-corrected chi connectivity index (χ3v) is 4.38. The predicted molar refractivity (Wildman–Crippen MR) is 93.6 cm³/mol. The maximum atomic E-state index is 10.5. The van der Waals surface area contributed by atoms with E-state index in [9.17, 15) is 10.2 Å². The van der Waals surface area contributed by atoms with Gasteiger partial charge >= 0.3 is 0 Å². The first kappa shape index (κ1) is 16.5. The Bertz CT molecular complexity index is 675. The number of hydrogen-bond acceptors (Lipinski definition) is 4. The first-order valence-corrected chi connectivity index (χ1v) is 8.71. The highest BCUT2D eigenvalue weighted by atomic mass is 16.6. The van der Waals surface area contributed by atoms with E-state index in [0.717, 1.165) is 25.7 Å². The number of phenols is 2. The molecule has 0 aromatic heterocycles. The molecule has 3 rings (SSSR count). The van der Waals surface area contributed by atoms with Crippen molar-refractivity contribution in [3.8, 4) is 34.5 Å². The highest BCUT2D eigenvalue weighted by molar-refractivity contribution is 5.69. The summed E-state index contributed by atoms with van der Waals surface area (Å²) in [4.78, 5) is 0. The van der Waals surface area contributed by atoms with Crippen LogP contribution in [0.1, 0.15) is 50.7 Å². The van der Waals surface area contributed by atoms with Crippen molar-refractivity contribution in [1.82, 2.24) is 0 Å². The van der Waals surface area contributed by atoms with Gasteiger partial charge in [-0.25, -0.2) is 0 Å². The summed E-state index contributed by atoms with van der Waals surface area (Å²) in [5.41, 5.74) is 1.25. The van der Waals surface area contributed by atoms with Crippen molar-refractivity contribution in [3.05, 3.63) is 35.4 Å². The predicted octanol–water partition coefficient (Wildman–Crippen LogP) is 5.68. The maximum Gasteiger partial charge on any atom is 0.177 e. The average Bonchev–Trinajstić information content (AvgIpc) is 2.61. The van der Waals surface area contributed by atoms with Gasteiger partial charge in [-0.05, 0) is 37.8 Å². The topological polar surface area (TPSA) is 58.9 Å². The van der Waals surface area contributed by atoms with E-state index in [2.05, 4.69) is 13.8 Å². The summed E-state index contributed by atoms with van der Waals surface area (Å²) >= 11 is 0. The molecule has 0 aliphatic carbocycles. The second-order valence-electron chi connectivity index (χ2n) is 6.17. The van der Waals surface area contributed by atoms with Gasteiger partial charge in [-0.3, -0.25) is 0 Å². The Morgan fingerprint density at radius 2 is 1.17 bits per heavy atom. The summed E-state index contributed by atoms with van der Waals surface area (Å²) in [7, 11) is 0. The molecule has 0 fully saturated rings. The molecule has 0 unspecified atom stereocenters. The lowest BCUT2D eigenvalue weighted by Crippen LogP contribution is -2.06. The Morgan fingerprint density at radius 3 is 1.54 bits per heavy atom. The second-order valence-corrected chi connectivity index (χ2v) is 6.17. The largest absolute Gasteiger partial charge is 0.504 e. The molecule has 2 aromatic rings. The fourth-order valence-corrected chi connectivity index (χ4v) is 3.00. The molecule has 1 heterocycles. The molecule has 0 saturated heterocycles. The van der Waals surface area contributed by atoms with E-state index in [1.54, 1.807) is 0 Å². The molecule has 1 aliphatic heterocycles. The molecule has 0 saturated carbocycles. The Kier molecular flexibility index (Phi) is 4.84. The van der Waals surface area contributed by atoms with Crippen molar-refractivity contribution in [3.63, 3.8) is 0 Å². The molecule has 128 valence electrons. The molecule has 0 spiro atoms. The van der Waals surface area contributed by atoms with Gasteiger partial charge in [0, 0.05) is 11.1 Å². The van der Waals surface area contributed by atoms with E-state index < -0.39 is 0 Å². The molecule has 4 nitrogen and oxygen atoms in total. The van der Waals surface area contributed by atoms with Crippen molar-refractivity contribution in [2.45, 2.75) is 52.4 Å². The van der Waals surface area contributed by atoms with Crippen molar-refractivity contribution in [2.24, 2.45) is 0 Å². The lowest BCUT2D eigenvalue weighted by molar-refractivity contribution is 0.334. The molecule has 4 heteroatoms. The van der Waals surface area contributed by atoms with Gasteiger partial charge in [-0.15, -0.1) is 0 Å². The number of ether oxygens (including phenoxy) is 2. The van der Waals surface area contributed by atoms with Crippen LogP contribution in [0.5, 0.6) is 34.5 Å². The normalized spacial score (nSPS) is 12.1. The molecular formula is C20H24O4. The zero-order valence-electron chi connectivity index (χ0n) is 14.3. The zero-order chi connectivity index (χ0) is 17.1. The van der Waals surface area contributed by atoms with Crippen LogP contribution >= 0.6 is 0 Å². The summed E-state index contributed by atoms with van der Waals surface area (Å²) in [6, 6.07) is 7.46. The molecule has 0 bridgehead atoms. The molecule has 2 N–H and O–H groups in total. The van der Waals surface area contributed by atoms with Crippen LogP contribution in [0.3, 0.4) is 0 Å². The first-order valence-electron chi connectivity index (χ1n) is 8.71. The minimum absolute atomic E-state index is 0.0729. The van der Waals surface area contributed by atoms with Crippen LogP contribution in [0, 0.1) is 0 Å². The minimum atomic E-state index is -0.0729. The average molecular weight is 328 g/mol. The van der Waals surface area contributed by atoms with Gasteiger partial charge in [-0.2, -0.15) is 0 Å². The standard InChI is InChI=1S/C20H24O4/c1-3-5-9-13-17(21)18(22)14(10-6-4-2)20-19(13)23-15-11-7-8-12-16(15)24-20/h7-8,11-12,21-22H,3-6,9-10H2,1-2H3. The molecule has 24 heavy (non-hydrogen) atoms. The molecule has 0 radical (unpaired) electrons. The minimum Gasteiger partial charge on any atom is -0.504 e. The van der Waals surface area contributed by atoms with Gasteiger partial charge in [0.15, 0.2) is 34.5 Å². The van der Waals surface area contributed by atoms with Gasteiger partial charge < -0.3 is 19.7 Å². The Balaban J connectivity index is 2.13. The number of fused-ring (bicyclic) bond motifs is 2. The zero-order valence-corrected chi connectivity index (χ0v) is 14.3. The fourth-order valence-electron chi connectivity index (χ4n) is 3.00. The highest BCUT2D eigenvalue weighted by Crippen LogP contribution is 2.55. The van der Waals surface area contributed by atoms with Gasteiger partial charge in [0.2, 0.25) is 0 Å². The van der Waals surface area contributed by atoms with Crippen LogP contribution < -0.4 is 9.47 Å². The van der Waals surface area contributed by atoms with Crippen molar-refractivity contribution >= 4 is 0 Å². The van der Waals surface area contributed by atoms with Gasteiger partial charge in [0.1, 0.15) is 0 Å². The SMILES string of the molecule is CCCCc1c(O)c(O)c(CCCC)c2c1Oc1ccccc1O2. The van der Waals surface area contributed by atoms with Crippen LogP contribution in [0.25, 0.3) is 0 Å². The number of hydrogen-bond donors (Lipinski definition) is 2. The van der Waals surface area contributed by atoms with E-state index in [-0.39, 0.29) is 11.5 Å². The molecular weight excluding hydrogens is 304 g/mol. The quantitative estimate of drug-likeness (QED) is 0.571. The second kappa shape index (κ2) is 7.04. The Hall–Kier alpha value is -2.36. The maximum absolute atomic E-state index is 10.5. The Labute approximate surface area is 142 Å². The number of benzene rings is 2. The van der Waals surface area contributed by atoms with E-state index >= 15 is 0 Å². The summed E-state index contributed by atoms with van der Waals surface area (Å²) < 4.78 is 12.1. The number of phenolic OH excluding ortho intramolecular Hbond substituents is 2.